The van der Waals surface area contributed by atoms with E-state index in [0.29, 0.717) is 0 Å². The largest absolute Gasteiger partial charge is 0 e. The fraction of sp³-hybridized carbons (Fsp3) is 0.167. The molecule has 2 radical (unpaired) electrons. The summed E-state index contributed by atoms with van der Waals surface area (Å²) in [6, 6.07) is 21.2. The van der Waals surface area contributed by atoms with Crippen molar-refractivity contribution in [3.05, 3.63) is 114 Å². The van der Waals surface area contributed by atoms with Crippen LogP contribution in [-0.4, -0.2) is 26.7 Å². The molecule has 2 rings (SSSR count). The average Bonchev–Trinajstić information content (AvgIpc) is 2.98. The normalized spacial score (nSPS) is 5.50. The zero-order chi connectivity index (χ0) is 29.4. The van der Waals surface area contributed by atoms with Crippen LogP contribution >= 0.6 is 15.8 Å². The van der Waals surface area contributed by atoms with E-state index in [0.717, 1.165) is 0 Å². The summed E-state index contributed by atoms with van der Waals surface area (Å²) in [5, 5.41) is 2.96. The molecule has 36 heavy (non-hydrogen) atoms. The second-order valence-corrected chi connectivity index (χ2v) is 9.07. The van der Waals surface area contributed by atoms with Gasteiger partial charge in [-0.1, -0.05) is 76.5 Å². The first-order valence-corrected chi connectivity index (χ1v) is 12.2. The molecule has 190 valence electrons. The van der Waals surface area contributed by atoms with E-state index in [1.54, 1.807) is 0 Å². The van der Waals surface area contributed by atoms with Gasteiger partial charge >= 0.3 is 90.4 Å². The summed E-state index contributed by atoms with van der Waals surface area (Å²) in [5.74, 6) is 0. The van der Waals surface area contributed by atoms with E-state index in [-0.39, 0.29) is 50.0 Å². The van der Waals surface area contributed by atoms with Gasteiger partial charge in [-0.15, -0.1) is 0 Å². The van der Waals surface area contributed by atoms with Crippen LogP contribution in [0.25, 0.3) is 0 Å². The summed E-state index contributed by atoms with van der Waals surface area (Å²) < 4.78 is 60.0. The van der Waals surface area contributed by atoms with Crippen molar-refractivity contribution in [1.82, 2.24) is 0 Å². The molecule has 0 aliphatic heterocycles. The smallest absolute Gasteiger partial charge is 0 e. The van der Waals surface area contributed by atoms with Crippen molar-refractivity contribution in [3.63, 3.8) is 0 Å². The Balaban J connectivity index is -0.0000000293. The number of hydrogen-bond donors (Lipinski definition) is 0. The van der Waals surface area contributed by atoms with Gasteiger partial charge in [0.15, 0.2) is 0 Å². The molecule has 0 aromatic heterocycles. The minimum Gasteiger partial charge on any atom is 0 e. The minimum atomic E-state index is 0. The maximum Gasteiger partial charge on any atom is 0 e. The van der Waals surface area contributed by atoms with Crippen molar-refractivity contribution >= 4 is 26.5 Å². The Hall–Kier alpha value is -1.74. The van der Waals surface area contributed by atoms with Gasteiger partial charge in [-0.05, 0) is 37.3 Å². The molecule has 0 unspecified atom stereocenters. The third kappa shape index (κ3) is 63.6. The van der Waals surface area contributed by atoms with E-state index in [1.165, 1.54) is 10.6 Å². The van der Waals surface area contributed by atoms with Crippen molar-refractivity contribution in [2.75, 3.05) is 26.7 Å². The van der Waals surface area contributed by atoms with Gasteiger partial charge in [-0.2, -0.15) is 0 Å². The van der Waals surface area contributed by atoms with E-state index in [4.69, 9.17) is 37.2 Å². The predicted molar refractivity (Wildman–Crippen MR) is 121 cm³/mol. The van der Waals surface area contributed by atoms with Crippen LogP contribution in [0.3, 0.4) is 0 Å². The van der Waals surface area contributed by atoms with E-state index < -0.39 is 0 Å². The molecule has 0 spiro atoms. The molecule has 2 aromatic rings. The Morgan fingerprint density at radius 2 is 0.500 bits per heavy atom. The quantitative estimate of drug-likeness (QED) is 0.210. The van der Waals surface area contributed by atoms with E-state index in [9.17, 15) is 0 Å². The Labute approximate surface area is 237 Å². The van der Waals surface area contributed by atoms with Crippen LogP contribution in [0.1, 0.15) is 0 Å². The maximum atomic E-state index is 7.50. The van der Waals surface area contributed by atoms with Gasteiger partial charge in [0, 0.05) is 34.1 Å². The first-order valence-electron chi connectivity index (χ1n) is 7.69. The maximum absolute atomic E-state index is 7.50. The standard InChI is InChI=1S/2C8H11P.8CO.2Mn/c2*1-9(2)8-6-4-3-5-7-8;8*1-2;;/h2*3-7H,1-2H3;;;;;;;;;;. The Bertz CT molecular complexity index is 654. The van der Waals surface area contributed by atoms with Crippen molar-refractivity contribution in [2.45, 2.75) is 0 Å². The van der Waals surface area contributed by atoms with Crippen molar-refractivity contribution < 1.29 is 71.4 Å². The van der Waals surface area contributed by atoms with Crippen molar-refractivity contribution in [2.24, 2.45) is 0 Å². The zero-order valence-electron chi connectivity index (χ0n) is 19.7. The predicted octanol–water partition coefficient (Wildman–Crippen LogP) is 3.80. The minimum absolute atomic E-state index is 0. The van der Waals surface area contributed by atoms with Gasteiger partial charge in [-0.3, -0.25) is 0 Å². The molecule has 0 aliphatic carbocycles. The molecular formula is C24H22Mn2O8P2. The summed E-state index contributed by atoms with van der Waals surface area (Å²) in [6.07, 6.45) is 0. The van der Waals surface area contributed by atoms with Crippen LogP contribution in [-0.2, 0) is 71.4 Å². The van der Waals surface area contributed by atoms with E-state index in [2.05, 4.69) is 141 Å². The molecule has 0 bridgehead atoms. The zero-order valence-corrected chi connectivity index (χ0v) is 23.8. The van der Waals surface area contributed by atoms with Crippen LogP contribution in [0.2, 0.25) is 0 Å². The molecule has 12 heteroatoms. The Morgan fingerprint density at radius 1 is 0.361 bits per heavy atom. The summed E-state index contributed by atoms with van der Waals surface area (Å²) in [7, 11) is 0.209. The van der Waals surface area contributed by atoms with Gasteiger partial charge in [0.1, 0.15) is 0 Å². The van der Waals surface area contributed by atoms with Gasteiger partial charge in [0.2, 0.25) is 0 Å². The van der Waals surface area contributed by atoms with Crippen LogP contribution in [0.4, 0.5) is 0 Å². The summed E-state index contributed by atoms with van der Waals surface area (Å²) in [6.45, 7) is 45.1. The van der Waals surface area contributed by atoms with Gasteiger partial charge in [0.05, 0.1) is 0 Å². The van der Waals surface area contributed by atoms with Crippen LogP contribution in [0, 0.1) is 53.2 Å². The molecule has 0 saturated heterocycles. The molecule has 2 aromatic carbocycles. The molecule has 8 nitrogen and oxygen atoms in total. The first-order chi connectivity index (χ1) is 16.6. The summed E-state index contributed by atoms with van der Waals surface area (Å²) >= 11 is 0. The fourth-order valence-electron chi connectivity index (χ4n) is 1.45. The summed E-state index contributed by atoms with van der Waals surface area (Å²) in [4.78, 5) is 0. The third-order valence-electron chi connectivity index (χ3n) is 2.55. The van der Waals surface area contributed by atoms with Gasteiger partial charge in [0.25, 0.3) is 0 Å². The van der Waals surface area contributed by atoms with Crippen molar-refractivity contribution in [3.8, 4) is 0 Å². The molecule has 0 N–H and O–H groups in total. The molecule has 0 fully saturated rings. The monoisotopic (exact) mass is 610 g/mol. The first kappa shape index (κ1) is 64.4. The topological polar surface area (TPSA) is 159 Å². The Kier molecular flexibility index (Phi) is 151. The molecular weight excluding hydrogens is 588 g/mol. The van der Waals surface area contributed by atoms with E-state index >= 15 is 0 Å². The molecule has 0 aliphatic rings. The van der Waals surface area contributed by atoms with Crippen LogP contribution < -0.4 is 10.6 Å². The number of rotatable bonds is 2. The van der Waals surface area contributed by atoms with Gasteiger partial charge < -0.3 is 0 Å². The molecule has 0 saturated carbocycles. The Morgan fingerprint density at radius 3 is 0.583 bits per heavy atom. The SMILES string of the molecule is CP(C)c1ccccc1.CP(C)c1ccccc1.[C-]#[O+].[C-]#[O+].[C-]#[O+].[C-]#[O+].[C-]#[O+].[C-]#[O+].[C-]#[O+].[C-]#[O+].[Mn].[Mn]. The van der Waals surface area contributed by atoms with E-state index in [1.807, 2.05) is 0 Å². The summed E-state index contributed by atoms with van der Waals surface area (Å²) in [5.41, 5.74) is 0. The van der Waals surface area contributed by atoms with Crippen LogP contribution in [0.15, 0.2) is 60.7 Å². The second kappa shape index (κ2) is 84.3. The molecule has 0 atom stereocenters. The third-order valence-corrected chi connectivity index (χ3v) is 5.21. The fourth-order valence-corrected chi connectivity index (χ4v) is 2.99. The molecule has 0 amide bonds. The van der Waals surface area contributed by atoms with Crippen molar-refractivity contribution in [1.29, 1.82) is 0 Å². The second-order valence-electron chi connectivity index (χ2n) is 4.46. The molecule has 0 heterocycles. The average molecular weight is 610 g/mol. The number of hydrogen-bond acceptors (Lipinski definition) is 0. The van der Waals surface area contributed by atoms with Gasteiger partial charge in [-0.25, -0.2) is 0 Å². The van der Waals surface area contributed by atoms with Crippen LogP contribution in [0.5, 0.6) is 0 Å². The number of benzene rings is 2.